The lowest BCUT2D eigenvalue weighted by Gasteiger charge is -2.27. The predicted octanol–water partition coefficient (Wildman–Crippen LogP) is 4.20. The number of carbonyl (C=O) groups excluding carboxylic acids is 3. The summed E-state index contributed by atoms with van der Waals surface area (Å²) >= 11 is 0. The number of nitrogens with two attached hydrogens (primary N) is 1. The van der Waals surface area contributed by atoms with Crippen LogP contribution in [0.5, 0.6) is 17.4 Å². The van der Waals surface area contributed by atoms with E-state index in [1.807, 2.05) is 26.0 Å². The Bertz CT molecular complexity index is 1790. The zero-order chi connectivity index (χ0) is 35.3. The number of pyridine rings is 1. The zero-order valence-electron chi connectivity index (χ0n) is 28.7. The third-order valence-electron chi connectivity index (χ3n) is 10.7. The highest BCUT2D eigenvalue weighted by Gasteiger charge is 2.62. The van der Waals surface area contributed by atoms with Crippen LogP contribution >= 0.6 is 0 Å². The number of aromatic hydroxyl groups is 1. The summed E-state index contributed by atoms with van der Waals surface area (Å²) in [6.45, 7) is 7.21. The van der Waals surface area contributed by atoms with Gasteiger partial charge in [-0.05, 0) is 84.3 Å². The monoisotopic (exact) mass is 696 g/mol. The molecule has 6 rings (SSSR count). The van der Waals surface area contributed by atoms with Gasteiger partial charge in [-0.15, -0.1) is 0 Å². The summed E-state index contributed by atoms with van der Waals surface area (Å²) in [5.41, 5.74) is 6.26. The Morgan fingerprint density at radius 3 is 2.65 bits per heavy atom. The summed E-state index contributed by atoms with van der Waals surface area (Å²) in [4.78, 5) is 48.0. The van der Waals surface area contributed by atoms with Crippen LogP contribution in [0, 0.1) is 18.3 Å². The van der Waals surface area contributed by atoms with Crippen LogP contribution in [-0.4, -0.2) is 76.6 Å². The Kier molecular flexibility index (Phi) is 9.46. The van der Waals surface area contributed by atoms with Crippen molar-refractivity contribution in [3.8, 4) is 17.4 Å². The summed E-state index contributed by atoms with van der Waals surface area (Å²) < 4.78 is 39.9. The number of nitrogens with zero attached hydrogens (tertiary/aromatic N) is 2. The number of Topliss-reactive ketones (excluding diaryl/α,β-unsaturated/α-hetero) is 1. The number of sulfonamides is 1. The van der Waals surface area contributed by atoms with Crippen LogP contribution in [0.15, 0.2) is 30.4 Å². The van der Waals surface area contributed by atoms with Crippen molar-refractivity contribution >= 4 is 38.5 Å². The minimum Gasteiger partial charge on any atom is -0.508 e. The van der Waals surface area contributed by atoms with Crippen molar-refractivity contribution in [1.29, 1.82) is 0 Å². The van der Waals surface area contributed by atoms with Crippen LogP contribution in [0.3, 0.4) is 0 Å². The van der Waals surface area contributed by atoms with Crippen molar-refractivity contribution in [1.82, 2.24) is 14.6 Å². The smallest absolute Gasteiger partial charge is 0.240 e. The van der Waals surface area contributed by atoms with E-state index in [2.05, 4.69) is 9.71 Å². The second-order valence-electron chi connectivity index (χ2n) is 14.9. The number of ether oxygens (including phenoxy) is 2. The van der Waals surface area contributed by atoms with Crippen LogP contribution in [-0.2, 0) is 24.4 Å². The maximum absolute atomic E-state index is 14.3. The van der Waals surface area contributed by atoms with E-state index in [4.69, 9.17) is 15.2 Å². The Balaban J connectivity index is 1.31. The minimum absolute atomic E-state index is 0.0785. The lowest BCUT2D eigenvalue weighted by molar-refractivity contribution is -0.140. The highest BCUT2D eigenvalue weighted by Crippen LogP contribution is 2.57. The normalized spacial score (nSPS) is 29.4. The number of aromatic nitrogens is 1. The van der Waals surface area contributed by atoms with Crippen molar-refractivity contribution in [3.05, 3.63) is 35.9 Å². The third kappa shape index (κ3) is 7.01. The maximum Gasteiger partial charge on any atom is 0.240 e. The number of carbonyl (C=O) groups is 3. The molecule has 2 amide bonds. The van der Waals surface area contributed by atoms with Gasteiger partial charge in [-0.1, -0.05) is 25.0 Å². The summed E-state index contributed by atoms with van der Waals surface area (Å²) in [6, 6.07) is 3.23. The van der Waals surface area contributed by atoms with Gasteiger partial charge < -0.3 is 25.2 Å². The fourth-order valence-electron chi connectivity index (χ4n) is 7.13. The molecule has 2 aliphatic carbocycles. The molecule has 266 valence electrons. The average Bonchev–Trinajstić information content (AvgIpc) is 3.91. The van der Waals surface area contributed by atoms with E-state index in [0.29, 0.717) is 53.8 Å². The van der Waals surface area contributed by atoms with Crippen molar-refractivity contribution in [2.45, 2.75) is 121 Å². The van der Waals surface area contributed by atoms with E-state index in [9.17, 15) is 27.9 Å². The Morgan fingerprint density at radius 1 is 1.18 bits per heavy atom. The van der Waals surface area contributed by atoms with Crippen LogP contribution in [0.2, 0.25) is 0 Å². The molecule has 3 fully saturated rings. The molecule has 13 heteroatoms. The number of ketones is 1. The van der Waals surface area contributed by atoms with Crippen molar-refractivity contribution < 1.29 is 37.4 Å². The quantitative estimate of drug-likeness (QED) is 0.356. The molecule has 3 heterocycles. The number of rotatable bonds is 7. The first kappa shape index (κ1) is 35.1. The molecule has 1 saturated heterocycles. The van der Waals surface area contributed by atoms with Gasteiger partial charge in [0.05, 0.1) is 40.4 Å². The number of aryl methyl sites for hydroxylation is 1. The first-order chi connectivity index (χ1) is 23.1. The molecule has 5 atom stereocenters. The van der Waals surface area contributed by atoms with Gasteiger partial charge in [0.25, 0.3) is 0 Å². The van der Waals surface area contributed by atoms with Crippen LogP contribution in [0.4, 0.5) is 0 Å². The second-order valence-corrected chi connectivity index (χ2v) is 17.1. The number of fused-ring (bicyclic) bond motifs is 3. The van der Waals surface area contributed by atoms with E-state index >= 15 is 0 Å². The topological polar surface area (TPSA) is 178 Å². The zero-order valence-corrected chi connectivity index (χ0v) is 29.6. The number of phenols is 1. The Hall–Kier alpha value is -3.71. The van der Waals surface area contributed by atoms with Gasteiger partial charge in [-0.3, -0.25) is 19.1 Å². The molecule has 1 aromatic carbocycles. The first-order valence-electron chi connectivity index (χ1n) is 17.4. The highest BCUT2D eigenvalue weighted by molar-refractivity contribution is 7.91. The molecule has 0 unspecified atom stereocenters. The van der Waals surface area contributed by atoms with Gasteiger partial charge in [-0.2, -0.15) is 0 Å². The van der Waals surface area contributed by atoms with Gasteiger partial charge in [0.1, 0.15) is 17.6 Å². The minimum atomic E-state index is -3.91. The average molecular weight is 697 g/mol. The van der Waals surface area contributed by atoms with E-state index in [1.165, 1.54) is 4.90 Å². The van der Waals surface area contributed by atoms with Gasteiger partial charge >= 0.3 is 0 Å². The van der Waals surface area contributed by atoms with Crippen LogP contribution in [0.1, 0.15) is 90.5 Å². The number of allylic oxidation sites excluding steroid dienone is 2. The van der Waals surface area contributed by atoms with Crippen molar-refractivity contribution in [2.24, 2.45) is 17.1 Å². The summed E-state index contributed by atoms with van der Waals surface area (Å²) in [6.07, 6.45) is 8.20. The summed E-state index contributed by atoms with van der Waals surface area (Å²) in [5.74, 6) is -0.802. The SMILES string of the molecule is Cc1c(O)ccc2c(O[C@@H]3C[C@H]4C(=O)C[C@]5(C(=O)NS(=O)(=O)C6(C)CC6)C[C@@H]5/C=C\CCCCC[C@H](N)C(=O)N4C3)cc(OC(C)C)nc12. The molecule has 0 radical (unpaired) electrons. The first-order valence-corrected chi connectivity index (χ1v) is 18.9. The largest absolute Gasteiger partial charge is 0.508 e. The summed E-state index contributed by atoms with van der Waals surface area (Å²) in [5, 5.41) is 11.0. The van der Waals surface area contributed by atoms with Crippen LogP contribution in [0.25, 0.3) is 10.9 Å². The number of hydrogen-bond acceptors (Lipinski definition) is 10. The highest BCUT2D eigenvalue weighted by atomic mass is 32.2. The lowest BCUT2D eigenvalue weighted by Crippen LogP contribution is -2.50. The molecule has 2 saturated carbocycles. The van der Waals surface area contributed by atoms with Crippen molar-refractivity contribution in [3.63, 3.8) is 0 Å². The molecule has 0 bridgehead atoms. The standard InChI is InChI=1S/C36H48N4O8S/c1-21(2)47-31-17-30(25-12-13-28(41)22(3)32(25)38-31)48-24-16-27-29(42)19-36(34(44)39-49(45,46)35(4)14-15-35)18-23(36)10-8-6-5-7-9-11-26(37)33(43)40(27)20-24/h8,10,12-13,17,21,23-24,26-27,41H,5-7,9,11,14-16,18-20,37H2,1-4H3,(H,39,44)/b10-8-/t23-,24+,26-,27-,36+/m0/s1. The fourth-order valence-corrected chi connectivity index (χ4v) is 8.46. The third-order valence-corrected chi connectivity index (χ3v) is 12.8. The van der Waals surface area contributed by atoms with E-state index < -0.39 is 44.3 Å². The molecule has 12 nitrogen and oxygen atoms in total. The van der Waals surface area contributed by atoms with Gasteiger partial charge in [-0.25, -0.2) is 13.4 Å². The Labute approximate surface area is 287 Å². The lowest BCUT2D eigenvalue weighted by atomic mass is 9.91. The van der Waals surface area contributed by atoms with Gasteiger partial charge in [0.2, 0.25) is 27.7 Å². The number of amides is 2. The molecular formula is C36H48N4O8S. The number of hydrogen-bond donors (Lipinski definition) is 3. The Morgan fingerprint density at radius 2 is 1.94 bits per heavy atom. The molecule has 4 N–H and O–H groups in total. The van der Waals surface area contributed by atoms with Crippen LogP contribution < -0.4 is 19.9 Å². The van der Waals surface area contributed by atoms with E-state index in [0.717, 1.165) is 25.7 Å². The van der Waals surface area contributed by atoms with Gasteiger partial charge in [0.15, 0.2) is 5.78 Å². The molecule has 0 spiro atoms. The molecule has 2 aromatic rings. The number of phenolic OH excluding ortho intramolecular Hbond substituents is 1. The van der Waals surface area contributed by atoms with Crippen molar-refractivity contribution in [2.75, 3.05) is 6.54 Å². The predicted molar refractivity (Wildman–Crippen MR) is 184 cm³/mol. The van der Waals surface area contributed by atoms with E-state index in [-0.39, 0.29) is 48.8 Å². The van der Waals surface area contributed by atoms with E-state index in [1.54, 1.807) is 32.0 Å². The molecule has 2 aliphatic heterocycles. The molecule has 4 aliphatic rings. The second kappa shape index (κ2) is 13.2. The molecule has 49 heavy (non-hydrogen) atoms. The maximum atomic E-state index is 14.3. The summed E-state index contributed by atoms with van der Waals surface area (Å²) in [7, 11) is -3.91. The number of benzene rings is 1. The number of nitrogens with one attached hydrogen (secondary N) is 1. The fraction of sp³-hybridized carbons (Fsp3) is 0.611. The van der Waals surface area contributed by atoms with Gasteiger partial charge in [0, 0.05) is 29.9 Å². The molecule has 1 aromatic heterocycles. The molecular weight excluding hydrogens is 648 g/mol.